The van der Waals surface area contributed by atoms with E-state index in [0.29, 0.717) is 17.2 Å². The van der Waals surface area contributed by atoms with Gasteiger partial charge in [0.2, 0.25) is 11.0 Å². The van der Waals surface area contributed by atoms with E-state index in [-0.39, 0.29) is 11.2 Å². The summed E-state index contributed by atoms with van der Waals surface area (Å²) < 4.78 is 11.1. The van der Waals surface area contributed by atoms with Gasteiger partial charge in [0.25, 0.3) is 0 Å². The van der Waals surface area contributed by atoms with Gasteiger partial charge in [-0.05, 0) is 19.1 Å². The molecule has 124 valence electrons. The van der Waals surface area contributed by atoms with Crippen molar-refractivity contribution < 1.29 is 14.3 Å². The molecule has 1 atom stereocenters. The summed E-state index contributed by atoms with van der Waals surface area (Å²) in [6, 6.07) is 5.23. The fourth-order valence-electron chi connectivity index (χ4n) is 1.72. The van der Waals surface area contributed by atoms with Gasteiger partial charge in [-0.2, -0.15) is 0 Å². The highest BCUT2D eigenvalue weighted by Crippen LogP contribution is 2.31. The number of aromatic nitrogens is 2. The van der Waals surface area contributed by atoms with Gasteiger partial charge >= 0.3 is 0 Å². The van der Waals surface area contributed by atoms with Gasteiger partial charge in [0.1, 0.15) is 0 Å². The predicted molar refractivity (Wildman–Crippen MR) is 93.0 cm³/mol. The van der Waals surface area contributed by atoms with Crippen LogP contribution in [0.1, 0.15) is 6.92 Å². The molecule has 0 aliphatic carbocycles. The van der Waals surface area contributed by atoms with Gasteiger partial charge in [0.05, 0.1) is 19.5 Å². The lowest BCUT2D eigenvalue weighted by atomic mass is 10.2. The Morgan fingerprint density at radius 1 is 1.26 bits per heavy atom. The maximum Gasteiger partial charge on any atom is 0.237 e. The molecular weight excluding hydrogens is 336 g/mol. The number of anilines is 2. The summed E-state index contributed by atoms with van der Waals surface area (Å²) >= 11 is 2.77. The number of methoxy groups -OCH3 is 2. The number of rotatable bonds is 7. The second kappa shape index (κ2) is 8.02. The Morgan fingerprint density at radius 3 is 2.61 bits per heavy atom. The second-order valence-electron chi connectivity index (χ2n) is 4.44. The normalized spacial score (nSPS) is 11.7. The molecule has 9 heteroatoms. The van der Waals surface area contributed by atoms with Crippen molar-refractivity contribution in [1.82, 2.24) is 10.2 Å². The highest BCUT2D eigenvalue weighted by molar-refractivity contribution is 8.02. The average molecular weight is 354 g/mol. The van der Waals surface area contributed by atoms with Crippen LogP contribution in [0.5, 0.6) is 11.5 Å². The minimum absolute atomic E-state index is 0.122. The maximum absolute atomic E-state index is 12.3. The predicted octanol–water partition coefficient (Wildman–Crippen LogP) is 2.72. The molecule has 0 bridgehead atoms. The molecule has 1 amide bonds. The Bertz CT molecular complexity index is 678. The van der Waals surface area contributed by atoms with Crippen LogP contribution < -0.4 is 20.1 Å². The fraction of sp³-hybridized carbons (Fsp3) is 0.357. The third kappa shape index (κ3) is 4.49. The van der Waals surface area contributed by atoms with Gasteiger partial charge in [-0.1, -0.05) is 23.1 Å². The fourth-order valence-corrected chi connectivity index (χ4v) is 3.57. The minimum Gasteiger partial charge on any atom is -0.493 e. The molecule has 23 heavy (non-hydrogen) atoms. The van der Waals surface area contributed by atoms with Crippen molar-refractivity contribution in [1.29, 1.82) is 0 Å². The van der Waals surface area contributed by atoms with Crippen LogP contribution in [-0.4, -0.2) is 42.6 Å². The molecule has 0 saturated heterocycles. The quantitative estimate of drug-likeness (QED) is 0.739. The summed E-state index contributed by atoms with van der Waals surface area (Å²) in [7, 11) is 4.90. The lowest BCUT2D eigenvalue weighted by molar-refractivity contribution is -0.115. The lowest BCUT2D eigenvalue weighted by Gasteiger charge is -2.13. The van der Waals surface area contributed by atoms with Crippen LogP contribution in [0.25, 0.3) is 0 Å². The van der Waals surface area contributed by atoms with Crippen LogP contribution in [0.2, 0.25) is 0 Å². The van der Waals surface area contributed by atoms with Crippen LogP contribution in [0.3, 0.4) is 0 Å². The SMILES string of the molecule is CNc1nnc(S[C@@H](C)C(=O)Nc2ccc(OC)c(OC)c2)s1. The van der Waals surface area contributed by atoms with Crippen LogP contribution >= 0.6 is 23.1 Å². The van der Waals surface area contributed by atoms with Crippen molar-refractivity contribution in [2.45, 2.75) is 16.5 Å². The van der Waals surface area contributed by atoms with Crippen LogP contribution in [-0.2, 0) is 4.79 Å². The van der Waals surface area contributed by atoms with E-state index < -0.39 is 0 Å². The van der Waals surface area contributed by atoms with E-state index in [1.54, 1.807) is 39.5 Å². The highest BCUT2D eigenvalue weighted by Gasteiger charge is 2.18. The summed E-state index contributed by atoms with van der Waals surface area (Å²) in [4.78, 5) is 12.3. The summed E-state index contributed by atoms with van der Waals surface area (Å²) in [6.45, 7) is 1.82. The molecule has 2 rings (SSSR count). The molecule has 1 heterocycles. The van der Waals surface area contributed by atoms with E-state index in [1.165, 1.54) is 23.1 Å². The molecular formula is C14H18N4O3S2. The lowest BCUT2D eigenvalue weighted by Crippen LogP contribution is -2.22. The third-order valence-electron chi connectivity index (χ3n) is 2.92. The molecule has 0 fully saturated rings. The summed E-state index contributed by atoms with van der Waals surface area (Å²) in [5.41, 5.74) is 0.647. The van der Waals surface area contributed by atoms with E-state index in [1.807, 2.05) is 6.92 Å². The Labute approximate surface area is 142 Å². The van der Waals surface area contributed by atoms with E-state index in [0.717, 1.165) is 9.47 Å². The molecule has 0 aliphatic rings. The van der Waals surface area contributed by atoms with Gasteiger partial charge in [0.15, 0.2) is 15.8 Å². The number of carbonyl (C=O) groups excluding carboxylic acids is 1. The molecule has 1 aromatic carbocycles. The molecule has 0 spiro atoms. The number of hydrogen-bond donors (Lipinski definition) is 2. The molecule has 0 aliphatic heterocycles. The van der Waals surface area contributed by atoms with Gasteiger partial charge < -0.3 is 20.1 Å². The smallest absolute Gasteiger partial charge is 0.237 e. The Hall–Kier alpha value is -2.00. The number of ether oxygens (including phenoxy) is 2. The Balaban J connectivity index is 2.00. The highest BCUT2D eigenvalue weighted by atomic mass is 32.2. The second-order valence-corrected chi connectivity index (χ2v) is 7.01. The molecule has 2 aromatic rings. The van der Waals surface area contributed by atoms with Crippen molar-refractivity contribution in [3.8, 4) is 11.5 Å². The number of thioether (sulfide) groups is 1. The van der Waals surface area contributed by atoms with Crippen molar-refractivity contribution in [2.24, 2.45) is 0 Å². The average Bonchev–Trinajstić information content (AvgIpc) is 3.02. The number of nitrogens with zero attached hydrogens (tertiary/aromatic N) is 2. The molecule has 2 N–H and O–H groups in total. The Kier molecular flexibility index (Phi) is 6.05. The van der Waals surface area contributed by atoms with Gasteiger partial charge in [-0.3, -0.25) is 4.79 Å². The zero-order valence-electron chi connectivity index (χ0n) is 13.2. The number of benzene rings is 1. The molecule has 0 unspecified atom stereocenters. The number of amides is 1. The summed E-state index contributed by atoms with van der Waals surface area (Å²) in [6.07, 6.45) is 0. The number of hydrogen-bond acceptors (Lipinski definition) is 8. The third-order valence-corrected chi connectivity index (χ3v) is 5.04. The maximum atomic E-state index is 12.3. The first kappa shape index (κ1) is 17.4. The van der Waals surface area contributed by atoms with Gasteiger partial charge in [-0.15, -0.1) is 10.2 Å². The monoisotopic (exact) mass is 354 g/mol. The van der Waals surface area contributed by atoms with E-state index >= 15 is 0 Å². The van der Waals surface area contributed by atoms with Crippen molar-refractivity contribution >= 4 is 39.8 Å². The van der Waals surface area contributed by atoms with Crippen molar-refractivity contribution in [3.63, 3.8) is 0 Å². The first-order chi connectivity index (χ1) is 11.1. The molecule has 1 aromatic heterocycles. The van der Waals surface area contributed by atoms with Gasteiger partial charge in [-0.25, -0.2) is 0 Å². The molecule has 7 nitrogen and oxygen atoms in total. The Morgan fingerprint density at radius 2 is 2.00 bits per heavy atom. The zero-order chi connectivity index (χ0) is 16.8. The van der Waals surface area contributed by atoms with Crippen LogP contribution in [0.15, 0.2) is 22.5 Å². The largest absolute Gasteiger partial charge is 0.493 e. The summed E-state index contributed by atoms with van der Waals surface area (Å²) in [5, 5.41) is 14.2. The standard InChI is InChI=1S/C14H18N4O3S2/c1-8(22-14-18-17-13(15-2)23-14)12(19)16-9-5-6-10(20-3)11(7-9)21-4/h5-8H,1-4H3,(H,15,17)(H,16,19)/t8-/m0/s1. The molecule has 0 radical (unpaired) electrons. The van der Waals surface area contributed by atoms with E-state index in [2.05, 4.69) is 20.8 Å². The summed E-state index contributed by atoms with van der Waals surface area (Å²) in [5.74, 6) is 1.05. The van der Waals surface area contributed by atoms with E-state index in [9.17, 15) is 4.79 Å². The topological polar surface area (TPSA) is 85.4 Å². The van der Waals surface area contributed by atoms with Crippen molar-refractivity contribution in [3.05, 3.63) is 18.2 Å². The first-order valence-electron chi connectivity index (χ1n) is 6.78. The van der Waals surface area contributed by atoms with E-state index in [4.69, 9.17) is 9.47 Å². The van der Waals surface area contributed by atoms with Crippen molar-refractivity contribution in [2.75, 3.05) is 31.9 Å². The minimum atomic E-state index is -0.305. The first-order valence-corrected chi connectivity index (χ1v) is 8.47. The number of carbonyl (C=O) groups is 1. The van der Waals surface area contributed by atoms with Crippen LogP contribution in [0, 0.1) is 0 Å². The van der Waals surface area contributed by atoms with Gasteiger partial charge in [0, 0.05) is 18.8 Å². The van der Waals surface area contributed by atoms with Crippen LogP contribution in [0.4, 0.5) is 10.8 Å². The molecule has 0 saturated carbocycles. The zero-order valence-corrected chi connectivity index (χ0v) is 14.9. The number of nitrogens with one attached hydrogen (secondary N) is 2.